The summed E-state index contributed by atoms with van der Waals surface area (Å²) in [5.41, 5.74) is 0.276. The van der Waals surface area contributed by atoms with Crippen molar-refractivity contribution in [1.29, 1.82) is 0 Å². The van der Waals surface area contributed by atoms with Gasteiger partial charge in [-0.3, -0.25) is 0 Å². The molecule has 0 atom stereocenters. The van der Waals surface area contributed by atoms with Crippen molar-refractivity contribution in [3.05, 3.63) is 0 Å². The summed E-state index contributed by atoms with van der Waals surface area (Å²) in [5, 5.41) is 3.61. The maximum absolute atomic E-state index is 3.61. The van der Waals surface area contributed by atoms with Crippen molar-refractivity contribution in [1.82, 2.24) is 10.2 Å². The van der Waals surface area contributed by atoms with Gasteiger partial charge in [-0.05, 0) is 53.2 Å². The maximum atomic E-state index is 3.61. The normalized spacial score (nSPS) is 19.5. The lowest BCUT2D eigenvalue weighted by atomic mass is 10.0. The van der Waals surface area contributed by atoms with Crippen molar-refractivity contribution < 1.29 is 0 Å². The zero-order chi connectivity index (χ0) is 10.6. The summed E-state index contributed by atoms with van der Waals surface area (Å²) in [6, 6.07) is 0. The van der Waals surface area contributed by atoms with Crippen LogP contribution in [0.4, 0.5) is 0 Å². The second-order valence-corrected chi connectivity index (χ2v) is 5.49. The Balaban J connectivity index is 2.13. The van der Waals surface area contributed by atoms with Crippen LogP contribution in [0, 0.1) is 5.92 Å². The summed E-state index contributed by atoms with van der Waals surface area (Å²) < 4.78 is 0. The van der Waals surface area contributed by atoms with E-state index in [1.54, 1.807) is 0 Å². The molecule has 0 unspecified atom stereocenters. The van der Waals surface area contributed by atoms with Crippen molar-refractivity contribution in [2.45, 2.75) is 45.1 Å². The van der Waals surface area contributed by atoms with Crippen LogP contribution in [0.3, 0.4) is 0 Å². The van der Waals surface area contributed by atoms with E-state index in [-0.39, 0.29) is 5.54 Å². The van der Waals surface area contributed by atoms with E-state index in [4.69, 9.17) is 0 Å². The van der Waals surface area contributed by atoms with Gasteiger partial charge in [0.25, 0.3) is 0 Å². The summed E-state index contributed by atoms with van der Waals surface area (Å²) in [6.45, 7) is 6.89. The minimum Gasteiger partial charge on any atom is -0.315 e. The molecule has 0 heterocycles. The molecule has 0 bridgehead atoms. The lowest BCUT2D eigenvalue weighted by molar-refractivity contribution is 0.187. The number of rotatable bonds is 5. The fourth-order valence-corrected chi connectivity index (χ4v) is 1.95. The molecule has 0 aliphatic heterocycles. The van der Waals surface area contributed by atoms with Crippen LogP contribution in [0.15, 0.2) is 0 Å². The van der Waals surface area contributed by atoms with Crippen LogP contribution in [0.1, 0.15) is 39.5 Å². The van der Waals surface area contributed by atoms with E-state index in [1.807, 2.05) is 0 Å². The Kier molecular flexibility index (Phi) is 4.39. The third-order valence-corrected chi connectivity index (χ3v) is 3.68. The lowest BCUT2D eigenvalue weighted by Crippen LogP contribution is -2.47. The average molecular weight is 198 g/mol. The number of hydrogen-bond donors (Lipinski definition) is 1. The van der Waals surface area contributed by atoms with E-state index < -0.39 is 0 Å². The first-order valence-corrected chi connectivity index (χ1v) is 5.90. The summed E-state index contributed by atoms with van der Waals surface area (Å²) in [4.78, 5) is 2.29. The minimum absolute atomic E-state index is 0.276. The Bertz CT molecular complexity index is 158. The van der Waals surface area contributed by atoms with Crippen LogP contribution in [-0.4, -0.2) is 37.6 Å². The third kappa shape index (κ3) is 3.58. The molecule has 1 N–H and O–H groups in total. The van der Waals surface area contributed by atoms with Gasteiger partial charge < -0.3 is 10.2 Å². The standard InChI is InChI=1S/C12H26N2/c1-12(2,14(3)4)10-13-9-11-7-5-6-8-11/h11,13H,5-10H2,1-4H3. The van der Waals surface area contributed by atoms with E-state index in [0.29, 0.717) is 0 Å². The topological polar surface area (TPSA) is 15.3 Å². The average Bonchev–Trinajstić information content (AvgIpc) is 2.56. The van der Waals surface area contributed by atoms with Crippen LogP contribution in [0.5, 0.6) is 0 Å². The van der Waals surface area contributed by atoms with Gasteiger partial charge in [0.1, 0.15) is 0 Å². The molecular weight excluding hydrogens is 172 g/mol. The first-order valence-electron chi connectivity index (χ1n) is 5.90. The van der Waals surface area contributed by atoms with Crippen molar-refractivity contribution in [3.8, 4) is 0 Å². The number of hydrogen-bond acceptors (Lipinski definition) is 2. The summed E-state index contributed by atoms with van der Waals surface area (Å²) in [6.07, 6.45) is 5.78. The van der Waals surface area contributed by atoms with Crippen molar-refractivity contribution in [2.75, 3.05) is 27.2 Å². The molecule has 1 fully saturated rings. The highest BCUT2D eigenvalue weighted by Crippen LogP contribution is 2.23. The van der Waals surface area contributed by atoms with E-state index in [9.17, 15) is 0 Å². The summed E-state index contributed by atoms with van der Waals surface area (Å²) in [7, 11) is 4.30. The van der Waals surface area contributed by atoms with Crippen LogP contribution in [0.25, 0.3) is 0 Å². The number of nitrogens with zero attached hydrogens (tertiary/aromatic N) is 1. The van der Waals surface area contributed by atoms with Gasteiger partial charge in [-0.25, -0.2) is 0 Å². The molecule has 0 amide bonds. The first-order chi connectivity index (χ1) is 6.52. The molecule has 1 aliphatic carbocycles. The van der Waals surface area contributed by atoms with Gasteiger partial charge >= 0.3 is 0 Å². The van der Waals surface area contributed by atoms with E-state index in [1.165, 1.54) is 32.2 Å². The highest BCUT2D eigenvalue weighted by Gasteiger charge is 2.21. The van der Waals surface area contributed by atoms with Crippen LogP contribution in [-0.2, 0) is 0 Å². The lowest BCUT2D eigenvalue weighted by Gasteiger charge is -2.33. The monoisotopic (exact) mass is 198 g/mol. The van der Waals surface area contributed by atoms with E-state index >= 15 is 0 Å². The Morgan fingerprint density at radius 1 is 1.21 bits per heavy atom. The molecule has 84 valence electrons. The highest BCUT2D eigenvalue weighted by atomic mass is 15.2. The first kappa shape index (κ1) is 12.0. The fraction of sp³-hybridized carbons (Fsp3) is 1.00. The minimum atomic E-state index is 0.276. The molecule has 1 saturated carbocycles. The van der Waals surface area contributed by atoms with E-state index in [0.717, 1.165) is 12.5 Å². The predicted molar refractivity (Wildman–Crippen MR) is 62.6 cm³/mol. The molecule has 14 heavy (non-hydrogen) atoms. The maximum Gasteiger partial charge on any atom is 0.0271 e. The Morgan fingerprint density at radius 2 is 1.79 bits per heavy atom. The largest absolute Gasteiger partial charge is 0.315 e. The Labute approximate surface area is 89.1 Å². The molecule has 0 aromatic carbocycles. The highest BCUT2D eigenvalue weighted by molar-refractivity contribution is 4.80. The molecular formula is C12H26N2. The van der Waals surface area contributed by atoms with Gasteiger partial charge in [-0.15, -0.1) is 0 Å². The number of nitrogens with one attached hydrogen (secondary N) is 1. The molecule has 0 spiro atoms. The van der Waals surface area contributed by atoms with Crippen molar-refractivity contribution in [2.24, 2.45) is 5.92 Å². The predicted octanol–water partition coefficient (Wildman–Crippen LogP) is 2.11. The van der Waals surface area contributed by atoms with Crippen LogP contribution >= 0.6 is 0 Å². The van der Waals surface area contributed by atoms with Gasteiger partial charge in [-0.1, -0.05) is 12.8 Å². The molecule has 0 aromatic rings. The van der Waals surface area contributed by atoms with Gasteiger partial charge in [-0.2, -0.15) is 0 Å². The summed E-state index contributed by atoms with van der Waals surface area (Å²) >= 11 is 0. The second kappa shape index (κ2) is 5.13. The van der Waals surface area contributed by atoms with E-state index in [2.05, 4.69) is 38.2 Å². The number of likely N-dealkylation sites (N-methyl/N-ethyl adjacent to an activating group) is 1. The smallest absolute Gasteiger partial charge is 0.0271 e. The molecule has 0 saturated heterocycles. The molecule has 0 radical (unpaired) electrons. The SMILES string of the molecule is CN(C)C(C)(C)CNCC1CCCC1. The van der Waals surface area contributed by atoms with Gasteiger partial charge in [0.2, 0.25) is 0 Å². The van der Waals surface area contributed by atoms with Crippen molar-refractivity contribution >= 4 is 0 Å². The fourth-order valence-electron chi connectivity index (χ4n) is 1.95. The second-order valence-electron chi connectivity index (χ2n) is 5.49. The molecule has 2 heteroatoms. The van der Waals surface area contributed by atoms with Gasteiger partial charge in [0.15, 0.2) is 0 Å². The zero-order valence-electron chi connectivity index (χ0n) is 10.3. The van der Waals surface area contributed by atoms with Crippen molar-refractivity contribution in [3.63, 3.8) is 0 Å². The molecule has 1 rings (SSSR count). The third-order valence-electron chi connectivity index (χ3n) is 3.68. The Hall–Kier alpha value is -0.0800. The zero-order valence-corrected chi connectivity index (χ0v) is 10.3. The quantitative estimate of drug-likeness (QED) is 0.728. The van der Waals surface area contributed by atoms with Gasteiger partial charge in [0, 0.05) is 12.1 Å². The molecule has 1 aliphatic rings. The Morgan fingerprint density at radius 3 is 2.29 bits per heavy atom. The van der Waals surface area contributed by atoms with Crippen LogP contribution < -0.4 is 5.32 Å². The molecule has 2 nitrogen and oxygen atoms in total. The molecule has 0 aromatic heterocycles. The van der Waals surface area contributed by atoms with Gasteiger partial charge in [0.05, 0.1) is 0 Å². The summed E-state index contributed by atoms with van der Waals surface area (Å²) in [5.74, 6) is 0.952. The van der Waals surface area contributed by atoms with Crippen LogP contribution in [0.2, 0.25) is 0 Å².